The Balaban J connectivity index is 1.14. The third kappa shape index (κ3) is 8.82. The molecule has 3 fully saturated rings. The summed E-state index contributed by atoms with van der Waals surface area (Å²) < 4.78 is 20.5. The molecule has 38 heavy (non-hydrogen) atoms. The van der Waals surface area contributed by atoms with Gasteiger partial charge in [0.15, 0.2) is 0 Å². The molecule has 4 rings (SSSR count). The van der Waals surface area contributed by atoms with Crippen LogP contribution >= 0.6 is 0 Å². The molecule has 3 saturated carbocycles. The van der Waals surface area contributed by atoms with Gasteiger partial charge in [-0.25, -0.2) is 4.39 Å². The lowest BCUT2D eigenvalue weighted by atomic mass is 9.68. The first kappa shape index (κ1) is 29.6. The molecule has 0 saturated heterocycles. The van der Waals surface area contributed by atoms with Crippen molar-refractivity contribution in [3.8, 4) is 5.75 Å². The van der Waals surface area contributed by atoms with Crippen molar-refractivity contribution < 1.29 is 13.9 Å². The smallest absolute Gasteiger partial charge is 0.314 e. The number of carbonyl (C=O) groups excluding carboxylic acids is 1. The number of hydrogen-bond acceptors (Lipinski definition) is 2. The molecule has 1 aromatic rings. The van der Waals surface area contributed by atoms with Crippen LogP contribution in [0.25, 0.3) is 0 Å². The van der Waals surface area contributed by atoms with Crippen molar-refractivity contribution in [1.82, 2.24) is 0 Å². The van der Waals surface area contributed by atoms with E-state index < -0.39 is 0 Å². The number of ether oxygens (including phenoxy) is 1. The maximum Gasteiger partial charge on any atom is 0.314 e. The summed E-state index contributed by atoms with van der Waals surface area (Å²) in [6.45, 7) is 4.53. The maximum absolute atomic E-state index is 14.9. The van der Waals surface area contributed by atoms with Gasteiger partial charge in [-0.2, -0.15) is 0 Å². The first-order valence-corrected chi connectivity index (χ1v) is 16.6. The molecule has 0 radical (unpaired) electrons. The van der Waals surface area contributed by atoms with Crippen LogP contribution in [0.2, 0.25) is 0 Å². The van der Waals surface area contributed by atoms with Gasteiger partial charge in [-0.1, -0.05) is 84.1 Å². The van der Waals surface area contributed by atoms with Crippen molar-refractivity contribution in [3.63, 3.8) is 0 Å². The highest BCUT2D eigenvalue weighted by molar-refractivity contribution is 5.75. The van der Waals surface area contributed by atoms with Crippen molar-refractivity contribution in [2.45, 2.75) is 142 Å². The number of esters is 1. The minimum Gasteiger partial charge on any atom is -0.426 e. The van der Waals surface area contributed by atoms with Gasteiger partial charge in [-0.15, -0.1) is 0 Å². The number of carbonyl (C=O) groups is 1. The van der Waals surface area contributed by atoms with Crippen molar-refractivity contribution in [3.05, 3.63) is 29.6 Å². The van der Waals surface area contributed by atoms with Crippen LogP contribution in [-0.2, 0) is 11.2 Å². The predicted molar refractivity (Wildman–Crippen MR) is 156 cm³/mol. The van der Waals surface area contributed by atoms with E-state index in [0.717, 1.165) is 73.7 Å². The average Bonchev–Trinajstić information content (AvgIpc) is 2.94. The number of hydrogen-bond donors (Lipinski definition) is 0. The highest BCUT2D eigenvalue weighted by atomic mass is 19.1. The molecule has 0 unspecified atom stereocenters. The molecule has 0 bridgehead atoms. The molecule has 0 N–H and O–H groups in total. The molecular weight excluding hydrogens is 471 g/mol. The minimum atomic E-state index is -0.216. The van der Waals surface area contributed by atoms with Gasteiger partial charge in [-0.05, 0) is 105 Å². The van der Waals surface area contributed by atoms with Crippen LogP contribution in [0.3, 0.4) is 0 Å². The highest BCUT2D eigenvalue weighted by Gasteiger charge is 2.31. The summed E-state index contributed by atoms with van der Waals surface area (Å²) >= 11 is 0. The average molecular weight is 527 g/mol. The predicted octanol–water partition coefficient (Wildman–Crippen LogP) is 10.5. The van der Waals surface area contributed by atoms with Gasteiger partial charge in [0.05, 0.1) is 5.92 Å². The van der Waals surface area contributed by atoms with Crippen LogP contribution in [0.15, 0.2) is 18.2 Å². The van der Waals surface area contributed by atoms with E-state index in [4.69, 9.17) is 4.74 Å². The number of aryl methyl sites for hydroxylation is 1. The van der Waals surface area contributed by atoms with Gasteiger partial charge in [0, 0.05) is 6.07 Å². The summed E-state index contributed by atoms with van der Waals surface area (Å²) in [5.41, 5.74) is 0.772. The Morgan fingerprint density at radius 3 is 1.89 bits per heavy atom. The van der Waals surface area contributed by atoms with Crippen LogP contribution in [0.1, 0.15) is 141 Å². The summed E-state index contributed by atoms with van der Waals surface area (Å²) in [4.78, 5) is 12.6. The fourth-order valence-electron chi connectivity index (χ4n) is 8.03. The zero-order valence-electron chi connectivity index (χ0n) is 24.5. The Bertz CT molecular complexity index is 826. The molecule has 0 aromatic heterocycles. The Hall–Kier alpha value is -1.38. The second-order valence-corrected chi connectivity index (χ2v) is 13.3. The lowest BCUT2D eigenvalue weighted by Crippen LogP contribution is -2.26. The van der Waals surface area contributed by atoms with Gasteiger partial charge in [0.2, 0.25) is 0 Å². The molecule has 0 spiro atoms. The Kier molecular flexibility index (Phi) is 12.0. The van der Waals surface area contributed by atoms with E-state index in [1.807, 2.05) is 6.07 Å². The Morgan fingerprint density at radius 2 is 1.32 bits per heavy atom. The van der Waals surface area contributed by atoms with E-state index in [-0.39, 0.29) is 17.7 Å². The Labute approximate surface area is 232 Å². The SMILES string of the molecule is CCCCCC1CCC(C2CCC(CCc3ccc(OC(=O)C4CCC(CCC)CC4)cc3F)CC2)CC1. The summed E-state index contributed by atoms with van der Waals surface area (Å²) in [5.74, 6) is 4.36. The highest BCUT2D eigenvalue weighted by Crippen LogP contribution is 2.43. The molecule has 0 atom stereocenters. The minimum absolute atomic E-state index is 0.0261. The van der Waals surface area contributed by atoms with Crippen LogP contribution in [-0.4, -0.2) is 5.97 Å². The molecular formula is C35H55FO2. The van der Waals surface area contributed by atoms with Gasteiger partial charge < -0.3 is 4.74 Å². The molecule has 3 aliphatic rings. The normalized spacial score (nSPS) is 30.2. The lowest BCUT2D eigenvalue weighted by Gasteiger charge is -2.38. The summed E-state index contributed by atoms with van der Waals surface area (Å²) in [6.07, 6.45) is 25.3. The van der Waals surface area contributed by atoms with E-state index >= 15 is 0 Å². The summed E-state index contributed by atoms with van der Waals surface area (Å²) in [5, 5.41) is 0. The number of benzene rings is 1. The number of unbranched alkanes of at least 4 members (excludes halogenated alkanes) is 2. The summed E-state index contributed by atoms with van der Waals surface area (Å²) in [6, 6.07) is 5.08. The van der Waals surface area contributed by atoms with Crippen LogP contribution in [0.5, 0.6) is 5.75 Å². The number of rotatable bonds is 12. The second kappa shape index (κ2) is 15.4. The molecule has 3 aliphatic carbocycles. The maximum atomic E-state index is 14.9. The quantitative estimate of drug-likeness (QED) is 0.154. The molecule has 1 aromatic carbocycles. The van der Waals surface area contributed by atoms with E-state index in [2.05, 4.69) is 13.8 Å². The molecule has 0 aliphatic heterocycles. The molecule has 0 heterocycles. The third-order valence-corrected chi connectivity index (χ3v) is 10.6. The largest absolute Gasteiger partial charge is 0.426 e. The molecule has 214 valence electrons. The second-order valence-electron chi connectivity index (χ2n) is 13.3. The molecule has 0 amide bonds. The van der Waals surface area contributed by atoms with Gasteiger partial charge in [0.25, 0.3) is 0 Å². The first-order valence-electron chi connectivity index (χ1n) is 16.6. The van der Waals surface area contributed by atoms with Crippen LogP contribution in [0, 0.1) is 41.3 Å². The fraction of sp³-hybridized carbons (Fsp3) is 0.800. The van der Waals surface area contributed by atoms with Gasteiger partial charge >= 0.3 is 5.97 Å². The molecule has 3 heteroatoms. The molecule has 2 nitrogen and oxygen atoms in total. The van der Waals surface area contributed by atoms with Gasteiger partial charge in [0.1, 0.15) is 11.6 Å². The standard InChI is InChI=1S/C35H55FO2/c1-3-5-6-8-27-9-16-29(17-10-27)30-18-11-28(12-19-30)13-20-31-23-24-33(25-34(31)36)38-35(37)32-21-14-26(7-4-2)15-22-32/h23-30,32H,3-22H2,1-2H3. The van der Waals surface area contributed by atoms with Crippen molar-refractivity contribution >= 4 is 5.97 Å². The zero-order chi connectivity index (χ0) is 26.7. The van der Waals surface area contributed by atoms with Crippen molar-refractivity contribution in [2.75, 3.05) is 0 Å². The third-order valence-electron chi connectivity index (χ3n) is 10.6. The fourth-order valence-corrected chi connectivity index (χ4v) is 8.03. The van der Waals surface area contributed by atoms with Crippen LogP contribution in [0.4, 0.5) is 4.39 Å². The van der Waals surface area contributed by atoms with E-state index in [1.165, 1.54) is 96.0 Å². The Morgan fingerprint density at radius 1 is 0.737 bits per heavy atom. The monoisotopic (exact) mass is 526 g/mol. The van der Waals surface area contributed by atoms with E-state index in [9.17, 15) is 9.18 Å². The van der Waals surface area contributed by atoms with E-state index in [0.29, 0.717) is 5.75 Å². The zero-order valence-corrected chi connectivity index (χ0v) is 24.5. The van der Waals surface area contributed by atoms with E-state index in [1.54, 1.807) is 6.07 Å². The van der Waals surface area contributed by atoms with Crippen LogP contribution < -0.4 is 4.74 Å². The number of halogens is 1. The van der Waals surface area contributed by atoms with Crippen molar-refractivity contribution in [2.24, 2.45) is 35.5 Å². The first-order chi connectivity index (χ1) is 18.6. The summed E-state index contributed by atoms with van der Waals surface area (Å²) in [7, 11) is 0. The lowest BCUT2D eigenvalue weighted by molar-refractivity contribution is -0.140. The van der Waals surface area contributed by atoms with Gasteiger partial charge in [-0.3, -0.25) is 4.79 Å². The topological polar surface area (TPSA) is 26.3 Å². The van der Waals surface area contributed by atoms with Crippen molar-refractivity contribution in [1.29, 1.82) is 0 Å².